The van der Waals surface area contributed by atoms with E-state index in [1.165, 1.54) is 0 Å². The van der Waals surface area contributed by atoms with Gasteiger partial charge in [-0.25, -0.2) is 5.21 Å². The van der Waals surface area contributed by atoms with E-state index in [9.17, 15) is 5.21 Å². The molecule has 0 radical (unpaired) electrons. The molecular weight excluding hydrogens is 126 g/mol. The fraction of sp³-hybridized carbons (Fsp3) is 1.00. The molecule has 0 aromatic rings. The van der Waals surface area contributed by atoms with Gasteiger partial charge in [0.1, 0.15) is 11.1 Å². The van der Waals surface area contributed by atoms with Crippen molar-refractivity contribution in [2.24, 2.45) is 0 Å². The smallest absolute Gasteiger partial charge is 0.119 e. The van der Waals surface area contributed by atoms with Gasteiger partial charge < -0.3 is 0 Å². The van der Waals surface area contributed by atoms with Crippen LogP contribution in [0.25, 0.3) is 0 Å². The molecule has 2 nitrogen and oxygen atoms in total. The fourth-order valence-corrected chi connectivity index (χ4v) is 1.12. The van der Waals surface area contributed by atoms with Crippen molar-refractivity contribution in [3.63, 3.8) is 0 Å². The first-order valence-electron chi connectivity index (χ1n) is 3.72. The zero-order valence-electron chi connectivity index (χ0n) is 7.95. The molecule has 0 aromatic heterocycles. The van der Waals surface area contributed by atoms with Crippen LogP contribution in [0.2, 0.25) is 0 Å². The third-order valence-corrected chi connectivity index (χ3v) is 1.42. The third-order valence-electron chi connectivity index (χ3n) is 1.42. The first-order valence-corrected chi connectivity index (χ1v) is 3.72. The molecule has 0 saturated heterocycles. The van der Waals surface area contributed by atoms with Gasteiger partial charge in [-0.2, -0.15) is 5.06 Å². The van der Waals surface area contributed by atoms with Crippen molar-refractivity contribution in [1.82, 2.24) is 0 Å². The molecule has 10 heavy (non-hydrogen) atoms. The molecule has 0 atom stereocenters. The van der Waals surface area contributed by atoms with Gasteiger partial charge in [-0.05, 0) is 41.5 Å². The molecule has 0 saturated carbocycles. The first-order chi connectivity index (χ1) is 4.15. The lowest BCUT2D eigenvalue weighted by atomic mass is 10.0. The number of nitrogens with one attached hydrogen (secondary N) is 1. The zero-order chi connectivity index (χ0) is 8.58. The van der Waals surface area contributed by atoms with Crippen LogP contribution in [0, 0.1) is 0 Å². The van der Waals surface area contributed by atoms with E-state index in [0.29, 0.717) is 5.06 Å². The van der Waals surface area contributed by atoms with Gasteiger partial charge in [0.25, 0.3) is 0 Å². The third kappa shape index (κ3) is 2.67. The van der Waals surface area contributed by atoms with Gasteiger partial charge in [-0.3, -0.25) is 0 Å². The van der Waals surface area contributed by atoms with Crippen LogP contribution in [-0.4, -0.2) is 16.3 Å². The largest absolute Gasteiger partial charge is 0.218 e. The lowest BCUT2D eigenvalue weighted by Crippen LogP contribution is -3.23. The molecule has 0 unspecified atom stereocenters. The van der Waals surface area contributed by atoms with Crippen molar-refractivity contribution < 1.29 is 10.3 Å². The predicted octanol–water partition coefficient (Wildman–Crippen LogP) is 0.858. The van der Waals surface area contributed by atoms with E-state index in [1.54, 1.807) is 0 Å². The van der Waals surface area contributed by atoms with Gasteiger partial charge >= 0.3 is 0 Å². The van der Waals surface area contributed by atoms with Crippen molar-refractivity contribution in [3.8, 4) is 0 Å². The highest BCUT2D eigenvalue weighted by molar-refractivity contribution is 4.62. The summed E-state index contributed by atoms with van der Waals surface area (Å²) in [4.78, 5) is 0. The lowest BCUT2D eigenvalue weighted by Gasteiger charge is -2.34. The van der Waals surface area contributed by atoms with Crippen molar-refractivity contribution in [1.29, 1.82) is 0 Å². The highest BCUT2D eigenvalue weighted by Crippen LogP contribution is 2.00. The Hall–Kier alpha value is -0.0800. The second-order valence-electron chi connectivity index (χ2n) is 4.85. The SMILES string of the molecule is CC(C)(C)[NH+](O)C(C)(C)C. The van der Waals surface area contributed by atoms with Gasteiger partial charge in [-0.1, -0.05) is 0 Å². The molecule has 2 N–H and O–H groups in total. The van der Waals surface area contributed by atoms with Gasteiger partial charge in [0.05, 0.1) is 0 Å². The topological polar surface area (TPSA) is 24.7 Å². The van der Waals surface area contributed by atoms with Gasteiger partial charge in [-0.15, -0.1) is 0 Å². The summed E-state index contributed by atoms with van der Waals surface area (Å²) in [5.41, 5.74) is -0.170. The van der Waals surface area contributed by atoms with Crippen LogP contribution in [-0.2, 0) is 0 Å². The average molecular weight is 146 g/mol. The van der Waals surface area contributed by atoms with Crippen molar-refractivity contribution >= 4 is 0 Å². The highest BCUT2D eigenvalue weighted by atomic mass is 16.5. The van der Waals surface area contributed by atoms with Crippen LogP contribution in [0.1, 0.15) is 41.5 Å². The lowest BCUT2D eigenvalue weighted by molar-refractivity contribution is -1.16. The van der Waals surface area contributed by atoms with E-state index < -0.39 is 0 Å². The van der Waals surface area contributed by atoms with Gasteiger partial charge in [0.2, 0.25) is 0 Å². The van der Waals surface area contributed by atoms with Gasteiger partial charge in [0, 0.05) is 0 Å². The molecule has 0 heterocycles. The minimum Gasteiger partial charge on any atom is -0.218 e. The Kier molecular flexibility index (Phi) is 2.49. The monoisotopic (exact) mass is 146 g/mol. The van der Waals surface area contributed by atoms with Gasteiger partial charge in [0.15, 0.2) is 0 Å². The Morgan fingerprint density at radius 2 is 1.00 bits per heavy atom. The quantitative estimate of drug-likeness (QED) is 0.487. The minimum absolute atomic E-state index is 0.0851. The second-order valence-corrected chi connectivity index (χ2v) is 4.85. The zero-order valence-corrected chi connectivity index (χ0v) is 7.95. The first kappa shape index (κ1) is 9.92. The maximum atomic E-state index is 9.64. The van der Waals surface area contributed by atoms with Crippen LogP contribution < -0.4 is 5.06 Å². The summed E-state index contributed by atoms with van der Waals surface area (Å²) < 4.78 is 0. The summed E-state index contributed by atoms with van der Waals surface area (Å²) >= 11 is 0. The number of rotatable bonds is 0. The standard InChI is InChI=1S/C8H19NO/c1-7(2,3)9(10)8(4,5)6/h10H,1-6H3/p+1. The van der Waals surface area contributed by atoms with E-state index >= 15 is 0 Å². The fourth-order valence-electron chi connectivity index (χ4n) is 1.12. The van der Waals surface area contributed by atoms with E-state index in [-0.39, 0.29) is 11.1 Å². The summed E-state index contributed by atoms with van der Waals surface area (Å²) in [5.74, 6) is 0. The minimum atomic E-state index is -0.0851. The molecule has 0 rings (SSSR count). The average Bonchev–Trinajstić information content (AvgIpc) is 1.59. The predicted molar refractivity (Wildman–Crippen MR) is 42.3 cm³/mol. The summed E-state index contributed by atoms with van der Waals surface area (Å²) in [6.07, 6.45) is 0. The second kappa shape index (κ2) is 2.51. The normalized spacial score (nSPS) is 14.4. The molecule has 0 aliphatic carbocycles. The molecule has 0 bridgehead atoms. The maximum absolute atomic E-state index is 9.64. The molecule has 0 aliphatic heterocycles. The highest BCUT2D eigenvalue weighted by Gasteiger charge is 2.34. The molecule has 0 aliphatic rings. The van der Waals surface area contributed by atoms with Crippen LogP contribution in [0.3, 0.4) is 0 Å². The molecule has 0 fully saturated rings. The summed E-state index contributed by atoms with van der Waals surface area (Å²) in [7, 11) is 0. The van der Waals surface area contributed by atoms with Crippen LogP contribution in [0.4, 0.5) is 0 Å². The molecule has 0 amide bonds. The summed E-state index contributed by atoms with van der Waals surface area (Å²) in [5, 5.41) is 10.2. The van der Waals surface area contributed by atoms with E-state index in [1.807, 2.05) is 41.5 Å². The van der Waals surface area contributed by atoms with Crippen molar-refractivity contribution in [3.05, 3.63) is 0 Å². The molecule has 0 aromatic carbocycles. The van der Waals surface area contributed by atoms with E-state index in [2.05, 4.69) is 0 Å². The summed E-state index contributed by atoms with van der Waals surface area (Å²) in [6, 6.07) is 0. The van der Waals surface area contributed by atoms with E-state index in [0.717, 1.165) is 0 Å². The summed E-state index contributed by atoms with van der Waals surface area (Å²) in [6.45, 7) is 12.1. The molecule has 0 spiro atoms. The van der Waals surface area contributed by atoms with Crippen LogP contribution in [0.5, 0.6) is 0 Å². The number of hydrogen-bond acceptors (Lipinski definition) is 1. The Labute approximate surface area is 63.8 Å². The number of hydroxylamine groups is 2. The molecular formula is C8H20NO+. The van der Waals surface area contributed by atoms with Crippen LogP contribution in [0.15, 0.2) is 0 Å². The van der Waals surface area contributed by atoms with Crippen LogP contribution >= 0.6 is 0 Å². The van der Waals surface area contributed by atoms with Crippen molar-refractivity contribution in [2.75, 3.05) is 0 Å². The Morgan fingerprint density at radius 3 is 1.00 bits per heavy atom. The Morgan fingerprint density at radius 1 is 0.800 bits per heavy atom. The Bertz CT molecular complexity index is 93.4. The molecule has 2 heteroatoms. The maximum Gasteiger partial charge on any atom is 0.119 e. The molecule has 62 valence electrons. The number of quaternary nitrogens is 1. The van der Waals surface area contributed by atoms with E-state index in [4.69, 9.17) is 0 Å². The van der Waals surface area contributed by atoms with Crippen molar-refractivity contribution in [2.45, 2.75) is 52.6 Å². The number of hydrogen-bond donors (Lipinski definition) is 2. The Balaban J connectivity index is 4.23.